The molecule has 120 valence electrons. The third kappa shape index (κ3) is 23.2. The maximum absolute atomic E-state index is 10.3. The van der Waals surface area contributed by atoms with Crippen molar-refractivity contribution in [1.82, 2.24) is 0 Å². The quantitative estimate of drug-likeness (QED) is 0.209. The molecular weight excluding hydrogens is 386 g/mol. The van der Waals surface area contributed by atoms with Crippen LogP contribution in [0.2, 0.25) is 0 Å². The van der Waals surface area contributed by atoms with E-state index in [1.165, 1.54) is 70.6 Å². The van der Waals surface area contributed by atoms with E-state index in [1.807, 2.05) is 0 Å². The van der Waals surface area contributed by atoms with Crippen molar-refractivity contribution in [3.8, 4) is 0 Å². The second kappa shape index (κ2) is 20.8. The Bertz CT molecular complexity index is 239. The van der Waals surface area contributed by atoms with Gasteiger partial charge < -0.3 is 5.11 Å². The van der Waals surface area contributed by atoms with Gasteiger partial charge in [-0.05, 0) is 32.1 Å². The van der Waals surface area contributed by atoms with E-state index in [2.05, 4.69) is 19.1 Å². The Balaban J connectivity index is 0. The van der Waals surface area contributed by atoms with Gasteiger partial charge in [0.05, 0.1) is 0 Å². The third-order valence-corrected chi connectivity index (χ3v) is 3.65. The van der Waals surface area contributed by atoms with E-state index < -0.39 is 5.97 Å². The van der Waals surface area contributed by atoms with E-state index in [1.54, 1.807) is 0 Å². The standard InChI is InChI=1S/C18H34O2.Ba/c1-2-3-4-5-6-7-8-9-10-11-12-13-14-15-16-17-18(19)20;/h9-10H,2-8,11-17H2,1H3,(H,19,20);/b10-9-;. The van der Waals surface area contributed by atoms with Gasteiger partial charge in [0.25, 0.3) is 0 Å². The van der Waals surface area contributed by atoms with Crippen LogP contribution >= 0.6 is 0 Å². The van der Waals surface area contributed by atoms with Crippen LogP contribution < -0.4 is 0 Å². The number of hydrogen-bond acceptors (Lipinski definition) is 1. The van der Waals surface area contributed by atoms with Gasteiger partial charge in [-0.3, -0.25) is 4.79 Å². The molecule has 0 aromatic rings. The molecule has 0 aliphatic rings. The molecule has 0 bridgehead atoms. The first kappa shape index (κ1) is 24.0. The Kier molecular flexibility index (Phi) is 23.8. The number of carbonyl (C=O) groups is 1. The molecule has 0 fully saturated rings. The predicted molar refractivity (Wildman–Crippen MR) is 92.8 cm³/mol. The van der Waals surface area contributed by atoms with Crippen LogP contribution in [0.15, 0.2) is 12.2 Å². The van der Waals surface area contributed by atoms with Gasteiger partial charge in [0.15, 0.2) is 0 Å². The summed E-state index contributed by atoms with van der Waals surface area (Å²) in [4.78, 5) is 10.3. The molecule has 0 saturated carbocycles. The molecule has 0 aromatic heterocycles. The Hall–Kier alpha value is 0.781. The number of aliphatic carboxylic acids is 1. The number of allylic oxidation sites excluding steroid dienone is 2. The van der Waals surface area contributed by atoms with Crippen molar-refractivity contribution in [2.75, 3.05) is 0 Å². The smallest absolute Gasteiger partial charge is 0.303 e. The minimum Gasteiger partial charge on any atom is -0.481 e. The van der Waals surface area contributed by atoms with E-state index in [-0.39, 0.29) is 48.9 Å². The molecule has 0 spiro atoms. The summed E-state index contributed by atoms with van der Waals surface area (Å²) in [5.74, 6) is -0.664. The zero-order valence-electron chi connectivity index (χ0n) is 14.1. The van der Waals surface area contributed by atoms with Gasteiger partial charge in [0.1, 0.15) is 0 Å². The molecule has 0 amide bonds. The summed E-state index contributed by atoms with van der Waals surface area (Å²) in [7, 11) is 0. The number of hydrogen-bond donors (Lipinski definition) is 1. The molecule has 3 heteroatoms. The van der Waals surface area contributed by atoms with Gasteiger partial charge in [0.2, 0.25) is 0 Å². The molecule has 0 unspecified atom stereocenters. The maximum Gasteiger partial charge on any atom is 0.303 e. The van der Waals surface area contributed by atoms with Crippen molar-refractivity contribution in [3.05, 3.63) is 12.2 Å². The summed E-state index contributed by atoms with van der Waals surface area (Å²) >= 11 is 0. The number of rotatable bonds is 15. The van der Waals surface area contributed by atoms with Crippen molar-refractivity contribution in [1.29, 1.82) is 0 Å². The van der Waals surface area contributed by atoms with Crippen LogP contribution in [0, 0.1) is 0 Å². The van der Waals surface area contributed by atoms with Crippen LogP contribution in [0.25, 0.3) is 0 Å². The van der Waals surface area contributed by atoms with E-state index in [9.17, 15) is 4.79 Å². The molecule has 1 N–H and O–H groups in total. The molecule has 0 aromatic carbocycles. The largest absolute Gasteiger partial charge is 0.481 e. The Morgan fingerprint density at radius 2 is 1.19 bits per heavy atom. The first-order chi connectivity index (χ1) is 9.77. The topological polar surface area (TPSA) is 37.3 Å². The maximum atomic E-state index is 10.3. The number of unbranched alkanes of at least 4 members (excludes halogenated alkanes) is 11. The van der Waals surface area contributed by atoms with Crippen molar-refractivity contribution in [2.24, 2.45) is 0 Å². The first-order valence-corrected chi connectivity index (χ1v) is 8.64. The number of carboxylic acid groups (broad SMARTS) is 1. The van der Waals surface area contributed by atoms with Crippen molar-refractivity contribution in [3.63, 3.8) is 0 Å². The molecule has 0 aliphatic heterocycles. The Labute approximate surface area is 172 Å². The predicted octanol–water partition coefficient (Wildman–Crippen LogP) is 5.73. The van der Waals surface area contributed by atoms with Gasteiger partial charge in [0, 0.05) is 55.3 Å². The molecule has 2 radical (unpaired) electrons. The van der Waals surface area contributed by atoms with Gasteiger partial charge in [-0.25, -0.2) is 0 Å². The molecule has 0 atom stereocenters. The normalized spacial score (nSPS) is 10.7. The van der Waals surface area contributed by atoms with Crippen LogP contribution in [-0.4, -0.2) is 60.0 Å². The molecular formula is C18H34BaO2. The Morgan fingerprint density at radius 1 is 0.762 bits per heavy atom. The minimum absolute atomic E-state index is 0. The fraction of sp³-hybridized carbons (Fsp3) is 0.833. The monoisotopic (exact) mass is 420 g/mol. The summed E-state index contributed by atoms with van der Waals surface area (Å²) in [5, 5.41) is 8.51. The average molecular weight is 420 g/mol. The van der Waals surface area contributed by atoms with Gasteiger partial charge >= 0.3 is 5.97 Å². The molecule has 0 heterocycles. The van der Waals surface area contributed by atoms with Crippen LogP contribution in [0.1, 0.15) is 96.8 Å². The summed E-state index contributed by atoms with van der Waals surface area (Å²) < 4.78 is 0. The van der Waals surface area contributed by atoms with E-state index >= 15 is 0 Å². The second-order valence-corrected chi connectivity index (χ2v) is 5.73. The molecule has 0 rings (SSSR count). The third-order valence-electron chi connectivity index (χ3n) is 3.65. The summed E-state index contributed by atoms with van der Waals surface area (Å²) in [6.45, 7) is 2.26. The van der Waals surface area contributed by atoms with Crippen molar-refractivity contribution >= 4 is 54.9 Å². The van der Waals surface area contributed by atoms with Gasteiger partial charge in [-0.2, -0.15) is 0 Å². The first-order valence-electron chi connectivity index (χ1n) is 8.64. The van der Waals surface area contributed by atoms with Crippen molar-refractivity contribution < 1.29 is 9.90 Å². The minimum atomic E-state index is -0.664. The van der Waals surface area contributed by atoms with Crippen LogP contribution in [0.5, 0.6) is 0 Å². The van der Waals surface area contributed by atoms with Gasteiger partial charge in [-0.1, -0.05) is 70.4 Å². The second-order valence-electron chi connectivity index (χ2n) is 5.73. The Morgan fingerprint density at radius 3 is 1.67 bits per heavy atom. The fourth-order valence-electron chi connectivity index (χ4n) is 2.35. The van der Waals surface area contributed by atoms with E-state index in [0.29, 0.717) is 6.42 Å². The van der Waals surface area contributed by atoms with Gasteiger partial charge in [-0.15, -0.1) is 0 Å². The SMILES string of the molecule is CCCCCCCC/C=C\CCCCCCCC(=O)O.[Ba]. The zero-order chi connectivity index (χ0) is 14.9. The van der Waals surface area contributed by atoms with Crippen LogP contribution in [0.4, 0.5) is 0 Å². The van der Waals surface area contributed by atoms with Crippen LogP contribution in [0.3, 0.4) is 0 Å². The van der Waals surface area contributed by atoms with Crippen molar-refractivity contribution in [2.45, 2.75) is 96.8 Å². The molecule has 0 saturated heterocycles. The van der Waals surface area contributed by atoms with E-state index in [0.717, 1.165) is 12.8 Å². The van der Waals surface area contributed by atoms with Crippen LogP contribution in [-0.2, 0) is 4.79 Å². The summed E-state index contributed by atoms with van der Waals surface area (Å²) in [6, 6.07) is 0. The summed E-state index contributed by atoms with van der Waals surface area (Å²) in [5.41, 5.74) is 0. The molecule has 21 heavy (non-hydrogen) atoms. The molecule has 2 nitrogen and oxygen atoms in total. The summed E-state index contributed by atoms with van der Waals surface area (Å²) in [6.07, 6.45) is 21.2. The zero-order valence-corrected chi connectivity index (χ0v) is 18.6. The average Bonchev–Trinajstić information content (AvgIpc) is 2.43. The fourth-order valence-corrected chi connectivity index (χ4v) is 2.35. The van der Waals surface area contributed by atoms with E-state index in [4.69, 9.17) is 5.11 Å². The number of carboxylic acids is 1. The molecule has 0 aliphatic carbocycles.